The number of carbonyl (C=O) groups excluding carboxylic acids is 2. The van der Waals surface area contributed by atoms with Gasteiger partial charge < -0.3 is 20.5 Å². The number of carboxylic acids is 1. The Kier molecular flexibility index (Phi) is 8.16. The van der Waals surface area contributed by atoms with Gasteiger partial charge in [-0.05, 0) is 19.4 Å². The summed E-state index contributed by atoms with van der Waals surface area (Å²) in [5.74, 6) is -2.45. The molecule has 1 aromatic carbocycles. The van der Waals surface area contributed by atoms with Crippen LogP contribution in [0.2, 0.25) is 0 Å². The van der Waals surface area contributed by atoms with Gasteiger partial charge in [0.2, 0.25) is 11.8 Å². The van der Waals surface area contributed by atoms with E-state index in [1.54, 1.807) is 13.0 Å². The van der Waals surface area contributed by atoms with Crippen LogP contribution in [-0.4, -0.2) is 53.1 Å². The molecular weight excluding hydrogens is 346 g/mol. The number of non-ortho nitro benzene ring substituents is 1. The van der Waals surface area contributed by atoms with Crippen molar-refractivity contribution in [2.45, 2.75) is 32.4 Å². The number of carboxylic acid groups (broad SMARTS) is 1. The second kappa shape index (κ2) is 10.1. The van der Waals surface area contributed by atoms with E-state index in [4.69, 9.17) is 9.84 Å². The lowest BCUT2D eigenvalue weighted by Gasteiger charge is -2.18. The minimum Gasteiger partial charge on any atom is -0.480 e. The van der Waals surface area contributed by atoms with Gasteiger partial charge in [0.05, 0.1) is 18.0 Å². The summed E-state index contributed by atoms with van der Waals surface area (Å²) in [7, 11) is 0. The summed E-state index contributed by atoms with van der Waals surface area (Å²) < 4.78 is 4.99. The fraction of sp³-hybridized carbons (Fsp3) is 0.438. The number of benzene rings is 1. The number of aliphatic carboxylic acids is 1. The SMILES string of the molecule is CCOC[C@H](NC(=O)[C@H](C)NC(=O)Cc1cccc([N+](=O)[O-])c1)C(=O)O. The highest BCUT2D eigenvalue weighted by Gasteiger charge is 2.24. The summed E-state index contributed by atoms with van der Waals surface area (Å²) in [5.41, 5.74) is 0.283. The summed E-state index contributed by atoms with van der Waals surface area (Å²) in [4.78, 5) is 45.3. The molecule has 0 saturated carbocycles. The Morgan fingerprint density at radius 2 is 2.00 bits per heavy atom. The first kappa shape index (κ1) is 21.0. The van der Waals surface area contributed by atoms with Crippen LogP contribution >= 0.6 is 0 Å². The highest BCUT2D eigenvalue weighted by atomic mass is 16.6. The molecule has 2 atom stereocenters. The number of amides is 2. The van der Waals surface area contributed by atoms with Crippen molar-refractivity contribution in [3.63, 3.8) is 0 Å². The molecule has 0 aliphatic carbocycles. The lowest BCUT2D eigenvalue weighted by atomic mass is 10.1. The topological polar surface area (TPSA) is 148 Å². The maximum atomic E-state index is 12.0. The van der Waals surface area contributed by atoms with E-state index in [1.807, 2.05) is 0 Å². The Morgan fingerprint density at radius 3 is 2.58 bits per heavy atom. The number of rotatable bonds is 10. The number of carbonyl (C=O) groups is 3. The molecule has 0 unspecified atom stereocenters. The van der Waals surface area contributed by atoms with Crippen molar-refractivity contribution in [2.24, 2.45) is 0 Å². The van der Waals surface area contributed by atoms with Crippen molar-refractivity contribution in [3.8, 4) is 0 Å². The van der Waals surface area contributed by atoms with Crippen LogP contribution in [0.3, 0.4) is 0 Å². The van der Waals surface area contributed by atoms with Crippen LogP contribution in [0.4, 0.5) is 5.69 Å². The van der Waals surface area contributed by atoms with Gasteiger partial charge in [-0.25, -0.2) is 4.79 Å². The number of nitro groups is 1. The maximum Gasteiger partial charge on any atom is 0.328 e. The Balaban J connectivity index is 2.59. The van der Waals surface area contributed by atoms with Gasteiger partial charge in [0.1, 0.15) is 6.04 Å². The van der Waals surface area contributed by atoms with E-state index in [9.17, 15) is 24.5 Å². The van der Waals surface area contributed by atoms with Crippen LogP contribution in [0.1, 0.15) is 19.4 Å². The lowest BCUT2D eigenvalue weighted by molar-refractivity contribution is -0.384. The third-order valence-electron chi connectivity index (χ3n) is 3.36. The molecule has 0 aromatic heterocycles. The van der Waals surface area contributed by atoms with Crippen LogP contribution < -0.4 is 10.6 Å². The predicted molar refractivity (Wildman–Crippen MR) is 90.5 cm³/mol. The number of nitrogens with zero attached hydrogens (tertiary/aromatic N) is 1. The minimum absolute atomic E-state index is 0.138. The number of hydrogen-bond acceptors (Lipinski definition) is 6. The largest absolute Gasteiger partial charge is 0.480 e. The first-order valence-electron chi connectivity index (χ1n) is 7.88. The zero-order chi connectivity index (χ0) is 19.7. The Morgan fingerprint density at radius 1 is 1.31 bits per heavy atom. The van der Waals surface area contributed by atoms with E-state index in [2.05, 4.69) is 10.6 Å². The molecule has 0 aliphatic rings. The Labute approximate surface area is 149 Å². The molecule has 0 bridgehead atoms. The van der Waals surface area contributed by atoms with Gasteiger partial charge in [-0.3, -0.25) is 19.7 Å². The summed E-state index contributed by atoms with van der Waals surface area (Å²) in [6, 6.07) is 3.39. The normalized spacial score (nSPS) is 12.7. The van der Waals surface area contributed by atoms with E-state index >= 15 is 0 Å². The fourth-order valence-corrected chi connectivity index (χ4v) is 2.03. The van der Waals surface area contributed by atoms with E-state index in [-0.39, 0.29) is 18.7 Å². The molecule has 0 aliphatic heterocycles. The minimum atomic E-state index is -1.25. The second-order valence-electron chi connectivity index (χ2n) is 5.45. The molecule has 26 heavy (non-hydrogen) atoms. The molecule has 2 amide bonds. The zero-order valence-corrected chi connectivity index (χ0v) is 14.4. The highest BCUT2D eigenvalue weighted by Crippen LogP contribution is 2.13. The number of ether oxygens (including phenoxy) is 1. The molecule has 0 saturated heterocycles. The molecule has 3 N–H and O–H groups in total. The molecule has 10 heteroatoms. The third kappa shape index (κ3) is 6.85. The van der Waals surface area contributed by atoms with Gasteiger partial charge in [-0.2, -0.15) is 0 Å². The second-order valence-corrected chi connectivity index (χ2v) is 5.45. The van der Waals surface area contributed by atoms with Gasteiger partial charge in [0.25, 0.3) is 5.69 Å². The lowest BCUT2D eigenvalue weighted by Crippen LogP contribution is -2.52. The number of nitrogens with one attached hydrogen (secondary N) is 2. The highest BCUT2D eigenvalue weighted by molar-refractivity contribution is 5.90. The summed E-state index contributed by atoms with van der Waals surface area (Å²) >= 11 is 0. The smallest absolute Gasteiger partial charge is 0.328 e. The van der Waals surface area contributed by atoms with Gasteiger partial charge >= 0.3 is 5.97 Å². The van der Waals surface area contributed by atoms with Crippen LogP contribution in [0.15, 0.2) is 24.3 Å². The summed E-state index contributed by atoms with van der Waals surface area (Å²) in [5, 5.41) is 24.5. The molecule has 0 spiro atoms. The van der Waals surface area contributed by atoms with Crippen LogP contribution in [-0.2, 0) is 25.5 Å². The first-order chi connectivity index (χ1) is 12.2. The van der Waals surface area contributed by atoms with Crippen LogP contribution in [0.25, 0.3) is 0 Å². The molecular formula is C16H21N3O7. The standard InChI is InChI=1S/C16H21N3O7/c1-3-26-9-13(16(22)23)18-15(21)10(2)17-14(20)8-11-5-4-6-12(7-11)19(24)25/h4-7,10,13H,3,8-9H2,1-2H3,(H,17,20)(H,18,21)(H,22,23)/t10-,13-/m0/s1. The third-order valence-corrected chi connectivity index (χ3v) is 3.36. The Hall–Kier alpha value is -3.01. The van der Waals surface area contributed by atoms with Crippen LogP contribution in [0, 0.1) is 10.1 Å². The average Bonchev–Trinajstić information content (AvgIpc) is 2.58. The number of hydrogen-bond donors (Lipinski definition) is 3. The van der Waals surface area contributed by atoms with E-state index in [0.717, 1.165) is 0 Å². The summed E-state index contributed by atoms with van der Waals surface area (Å²) in [6.45, 7) is 3.21. The van der Waals surface area contributed by atoms with Gasteiger partial charge in [-0.15, -0.1) is 0 Å². The van der Waals surface area contributed by atoms with Crippen molar-refractivity contribution < 1.29 is 29.2 Å². The van der Waals surface area contributed by atoms with Crippen molar-refractivity contribution >= 4 is 23.5 Å². The molecule has 0 fully saturated rings. The van der Waals surface area contributed by atoms with Crippen molar-refractivity contribution in [3.05, 3.63) is 39.9 Å². The quantitative estimate of drug-likeness (QED) is 0.396. The molecule has 1 rings (SSSR count). The van der Waals surface area contributed by atoms with E-state index in [1.165, 1.54) is 25.1 Å². The van der Waals surface area contributed by atoms with E-state index in [0.29, 0.717) is 12.2 Å². The molecule has 1 aromatic rings. The Bertz CT molecular complexity index is 678. The summed E-state index contributed by atoms with van der Waals surface area (Å²) in [6.07, 6.45) is -0.152. The average molecular weight is 367 g/mol. The molecule has 142 valence electrons. The molecule has 0 radical (unpaired) electrons. The fourth-order valence-electron chi connectivity index (χ4n) is 2.03. The number of nitro benzene ring substituents is 1. The van der Waals surface area contributed by atoms with Crippen molar-refractivity contribution in [1.82, 2.24) is 10.6 Å². The monoisotopic (exact) mass is 367 g/mol. The van der Waals surface area contributed by atoms with Gasteiger partial charge in [-0.1, -0.05) is 12.1 Å². The van der Waals surface area contributed by atoms with Crippen LogP contribution in [0.5, 0.6) is 0 Å². The van der Waals surface area contributed by atoms with E-state index < -0.39 is 34.8 Å². The van der Waals surface area contributed by atoms with Crippen molar-refractivity contribution in [2.75, 3.05) is 13.2 Å². The maximum absolute atomic E-state index is 12.0. The van der Waals surface area contributed by atoms with Gasteiger partial charge in [0, 0.05) is 18.7 Å². The van der Waals surface area contributed by atoms with Gasteiger partial charge in [0.15, 0.2) is 6.04 Å². The molecule has 10 nitrogen and oxygen atoms in total. The first-order valence-corrected chi connectivity index (χ1v) is 7.88. The predicted octanol–water partition coefficient (Wildman–Crippen LogP) is 0.248. The molecule has 0 heterocycles. The zero-order valence-electron chi connectivity index (χ0n) is 14.4. The van der Waals surface area contributed by atoms with Crippen molar-refractivity contribution in [1.29, 1.82) is 0 Å².